The van der Waals surface area contributed by atoms with Gasteiger partial charge in [-0.2, -0.15) is 0 Å². The zero-order chi connectivity index (χ0) is 24.4. The molecule has 0 saturated carbocycles. The monoisotopic (exact) mass is 463 g/mol. The molecule has 2 atom stereocenters. The van der Waals surface area contributed by atoms with Gasteiger partial charge in [-0.1, -0.05) is 66.7 Å². The number of Topliss-reactive ketones (excluding diaryl/α,β-unsaturated/α-hetero) is 1. The predicted octanol–water partition coefficient (Wildman–Crippen LogP) is 6.93. The molecular formula is C31H33N3O. The summed E-state index contributed by atoms with van der Waals surface area (Å²) in [7, 11) is 0. The van der Waals surface area contributed by atoms with Crippen LogP contribution in [0, 0.1) is 6.92 Å². The average molecular weight is 464 g/mol. The van der Waals surface area contributed by atoms with E-state index in [0.717, 1.165) is 13.0 Å². The molecule has 0 unspecified atom stereocenters. The third-order valence-corrected chi connectivity index (χ3v) is 7.27. The third kappa shape index (κ3) is 4.53. The topological polar surface area (TPSA) is 38.1 Å². The Morgan fingerprint density at radius 3 is 2.46 bits per heavy atom. The lowest BCUT2D eigenvalue weighted by molar-refractivity contribution is 0.0952. The molecule has 1 aromatic heterocycles. The van der Waals surface area contributed by atoms with Crippen LogP contribution >= 0.6 is 0 Å². The maximum atomic E-state index is 13.8. The fourth-order valence-electron chi connectivity index (χ4n) is 5.57. The van der Waals surface area contributed by atoms with Gasteiger partial charge in [0.15, 0.2) is 11.6 Å². The summed E-state index contributed by atoms with van der Waals surface area (Å²) in [5.74, 6) is 0.629. The van der Waals surface area contributed by atoms with Crippen LogP contribution in [0.4, 0.5) is 5.69 Å². The summed E-state index contributed by atoms with van der Waals surface area (Å²) in [6.07, 6.45) is 5.04. The molecule has 0 saturated heterocycles. The SMILES string of the molecule is Cc1ccccc1[C@@H](CC(=O)c1nccn1C(C)C)[C@@H]1c2ccccc2CCN1c1ccccc1. The van der Waals surface area contributed by atoms with Gasteiger partial charge in [0.05, 0.1) is 6.04 Å². The summed E-state index contributed by atoms with van der Waals surface area (Å²) >= 11 is 0. The Labute approximate surface area is 208 Å². The molecule has 0 fully saturated rings. The molecule has 1 aliphatic rings. The quantitative estimate of drug-likeness (QED) is 0.279. The fourth-order valence-corrected chi connectivity index (χ4v) is 5.57. The van der Waals surface area contributed by atoms with Crippen LogP contribution in [0.15, 0.2) is 91.3 Å². The van der Waals surface area contributed by atoms with Gasteiger partial charge in [0, 0.05) is 43.0 Å². The standard InChI is InChI=1S/C31H33N3O/c1-22(2)33-20-18-32-31(33)29(35)21-28(26-15-9-7-11-23(26)3)30-27-16-10-8-12-24(27)17-19-34(30)25-13-5-4-6-14-25/h4-16,18,20,22,28,30H,17,19,21H2,1-3H3/t28-,30+/m1/s1. The number of imidazole rings is 1. The van der Waals surface area contributed by atoms with Crippen molar-refractivity contribution in [2.75, 3.05) is 11.4 Å². The highest BCUT2D eigenvalue weighted by Crippen LogP contribution is 2.45. The van der Waals surface area contributed by atoms with Gasteiger partial charge in [0.25, 0.3) is 0 Å². The van der Waals surface area contributed by atoms with Crippen LogP contribution in [0.25, 0.3) is 0 Å². The summed E-state index contributed by atoms with van der Waals surface area (Å²) < 4.78 is 1.99. The van der Waals surface area contributed by atoms with Crippen molar-refractivity contribution in [2.24, 2.45) is 0 Å². The zero-order valence-corrected chi connectivity index (χ0v) is 20.8. The third-order valence-electron chi connectivity index (χ3n) is 7.27. The molecular weight excluding hydrogens is 430 g/mol. The summed E-state index contributed by atoms with van der Waals surface area (Å²) in [5, 5.41) is 0. The highest BCUT2D eigenvalue weighted by Gasteiger charge is 2.37. The van der Waals surface area contributed by atoms with Crippen molar-refractivity contribution in [1.82, 2.24) is 9.55 Å². The van der Waals surface area contributed by atoms with Gasteiger partial charge in [-0.3, -0.25) is 4.79 Å². The number of carbonyl (C=O) groups excluding carboxylic acids is 1. The molecule has 35 heavy (non-hydrogen) atoms. The number of fused-ring (bicyclic) bond motifs is 1. The van der Waals surface area contributed by atoms with Crippen molar-refractivity contribution in [3.63, 3.8) is 0 Å². The maximum Gasteiger partial charge on any atom is 0.198 e. The Balaban J connectivity index is 1.64. The first-order valence-electron chi connectivity index (χ1n) is 12.6. The summed E-state index contributed by atoms with van der Waals surface area (Å²) in [6.45, 7) is 7.25. The van der Waals surface area contributed by atoms with E-state index in [0.29, 0.717) is 12.2 Å². The van der Waals surface area contributed by atoms with Gasteiger partial charge in [-0.05, 0) is 61.6 Å². The molecule has 4 nitrogen and oxygen atoms in total. The van der Waals surface area contributed by atoms with Crippen molar-refractivity contribution < 1.29 is 4.79 Å². The molecule has 2 heterocycles. The number of rotatable bonds is 7. The summed E-state index contributed by atoms with van der Waals surface area (Å²) in [4.78, 5) is 20.8. The van der Waals surface area contributed by atoms with E-state index >= 15 is 0 Å². The molecule has 178 valence electrons. The second kappa shape index (κ2) is 9.91. The number of benzene rings is 3. The molecule has 0 radical (unpaired) electrons. The number of aromatic nitrogens is 2. The molecule has 0 aliphatic carbocycles. The minimum atomic E-state index is -0.0114. The number of nitrogens with zero attached hydrogens (tertiary/aromatic N) is 3. The molecule has 4 aromatic rings. The molecule has 0 N–H and O–H groups in total. The average Bonchev–Trinajstić information content (AvgIpc) is 3.38. The minimum absolute atomic E-state index is 0.0114. The highest BCUT2D eigenvalue weighted by atomic mass is 16.1. The van der Waals surface area contributed by atoms with E-state index in [1.165, 1.54) is 27.9 Å². The molecule has 0 amide bonds. The van der Waals surface area contributed by atoms with Crippen LogP contribution in [-0.4, -0.2) is 21.9 Å². The predicted molar refractivity (Wildman–Crippen MR) is 142 cm³/mol. The first-order valence-corrected chi connectivity index (χ1v) is 12.6. The Hall–Kier alpha value is -3.66. The Bertz CT molecular complexity index is 1310. The molecule has 0 bridgehead atoms. The Morgan fingerprint density at radius 2 is 1.69 bits per heavy atom. The fraction of sp³-hybridized carbons (Fsp3) is 0.290. The second-order valence-electron chi connectivity index (χ2n) is 9.76. The number of ketones is 1. The molecule has 4 heteroatoms. The van der Waals surface area contributed by atoms with Crippen molar-refractivity contribution in [3.8, 4) is 0 Å². The lowest BCUT2D eigenvalue weighted by Crippen LogP contribution is -2.39. The Morgan fingerprint density at radius 1 is 0.971 bits per heavy atom. The second-order valence-corrected chi connectivity index (χ2v) is 9.76. The number of carbonyl (C=O) groups is 1. The van der Waals surface area contributed by atoms with Gasteiger partial charge < -0.3 is 9.47 Å². The van der Waals surface area contributed by atoms with Gasteiger partial charge in [0.1, 0.15) is 0 Å². The zero-order valence-electron chi connectivity index (χ0n) is 20.8. The smallest absolute Gasteiger partial charge is 0.198 e. The normalized spacial score (nSPS) is 16.2. The largest absolute Gasteiger partial charge is 0.364 e. The van der Waals surface area contributed by atoms with Gasteiger partial charge in [0.2, 0.25) is 0 Å². The highest BCUT2D eigenvalue weighted by molar-refractivity contribution is 5.93. The Kier molecular flexibility index (Phi) is 6.54. The van der Waals surface area contributed by atoms with Crippen molar-refractivity contribution in [1.29, 1.82) is 0 Å². The van der Waals surface area contributed by atoms with Gasteiger partial charge in [-0.15, -0.1) is 0 Å². The first-order chi connectivity index (χ1) is 17.0. The number of hydrogen-bond acceptors (Lipinski definition) is 3. The van der Waals surface area contributed by atoms with Crippen molar-refractivity contribution in [2.45, 2.75) is 51.6 Å². The van der Waals surface area contributed by atoms with Crippen molar-refractivity contribution >= 4 is 11.5 Å². The van der Waals surface area contributed by atoms with E-state index in [2.05, 4.69) is 110 Å². The van der Waals surface area contributed by atoms with Crippen molar-refractivity contribution in [3.05, 3.63) is 119 Å². The number of hydrogen-bond donors (Lipinski definition) is 0. The molecule has 1 aliphatic heterocycles. The van der Waals surface area contributed by atoms with Crippen LogP contribution in [0.3, 0.4) is 0 Å². The molecule has 3 aromatic carbocycles. The lowest BCUT2D eigenvalue weighted by Gasteiger charge is -2.43. The summed E-state index contributed by atoms with van der Waals surface area (Å²) in [5.41, 5.74) is 6.33. The van der Waals surface area contributed by atoms with E-state index in [1.54, 1.807) is 6.20 Å². The van der Waals surface area contributed by atoms with Crippen LogP contribution in [-0.2, 0) is 6.42 Å². The van der Waals surface area contributed by atoms with Crippen LogP contribution in [0.2, 0.25) is 0 Å². The molecule has 0 spiro atoms. The molecule has 5 rings (SSSR count). The van der Waals surface area contributed by atoms with E-state index in [9.17, 15) is 4.79 Å². The van der Waals surface area contributed by atoms with Crippen LogP contribution < -0.4 is 4.90 Å². The van der Waals surface area contributed by atoms with E-state index in [1.807, 2.05) is 10.8 Å². The van der Waals surface area contributed by atoms with E-state index in [4.69, 9.17) is 0 Å². The number of para-hydroxylation sites is 1. The minimum Gasteiger partial charge on any atom is -0.364 e. The first kappa shape index (κ1) is 23.1. The number of aryl methyl sites for hydroxylation is 1. The summed E-state index contributed by atoms with van der Waals surface area (Å²) in [6, 6.07) is 28.1. The lowest BCUT2D eigenvalue weighted by atomic mass is 9.77. The van der Waals surface area contributed by atoms with Gasteiger partial charge >= 0.3 is 0 Å². The maximum absolute atomic E-state index is 13.8. The van der Waals surface area contributed by atoms with E-state index < -0.39 is 0 Å². The van der Waals surface area contributed by atoms with Crippen LogP contribution in [0.5, 0.6) is 0 Å². The van der Waals surface area contributed by atoms with E-state index in [-0.39, 0.29) is 23.8 Å². The number of anilines is 1. The van der Waals surface area contributed by atoms with Crippen LogP contribution in [0.1, 0.15) is 71.1 Å². The van der Waals surface area contributed by atoms with Gasteiger partial charge in [-0.25, -0.2) is 4.98 Å².